The van der Waals surface area contributed by atoms with E-state index in [2.05, 4.69) is 69.0 Å². The van der Waals surface area contributed by atoms with Gasteiger partial charge in [0, 0.05) is 11.3 Å². The largest absolute Gasteiger partial charge is 0.309 e. The summed E-state index contributed by atoms with van der Waals surface area (Å²) >= 11 is 2.11. The van der Waals surface area contributed by atoms with Gasteiger partial charge in [0.15, 0.2) is 0 Å². The average Bonchev–Trinajstić information content (AvgIpc) is 2.46. The van der Waals surface area contributed by atoms with Crippen molar-refractivity contribution in [3.05, 3.63) is 35.4 Å². The third-order valence-electron chi connectivity index (χ3n) is 3.65. The third-order valence-corrected chi connectivity index (χ3v) is 4.97. The Morgan fingerprint density at radius 2 is 1.75 bits per heavy atom. The molecule has 0 saturated heterocycles. The van der Waals surface area contributed by atoms with Gasteiger partial charge in [0.05, 0.1) is 0 Å². The molecule has 0 fully saturated rings. The van der Waals surface area contributed by atoms with Gasteiger partial charge in [0.25, 0.3) is 0 Å². The van der Waals surface area contributed by atoms with Gasteiger partial charge in [-0.1, -0.05) is 63.4 Å². The third kappa shape index (κ3) is 6.32. The van der Waals surface area contributed by atoms with Crippen LogP contribution in [0.5, 0.6) is 0 Å². The molecule has 0 bridgehead atoms. The van der Waals surface area contributed by atoms with Crippen molar-refractivity contribution in [2.45, 2.75) is 64.7 Å². The molecule has 2 heteroatoms. The fraction of sp³-hybridized carbons (Fsp3) is 0.667. The summed E-state index contributed by atoms with van der Waals surface area (Å²) < 4.78 is 0. The lowest BCUT2D eigenvalue weighted by Gasteiger charge is -2.25. The zero-order valence-electron chi connectivity index (χ0n) is 13.6. The fourth-order valence-electron chi connectivity index (χ4n) is 2.35. The summed E-state index contributed by atoms with van der Waals surface area (Å²) in [5, 5.41) is 4.35. The minimum Gasteiger partial charge on any atom is -0.309 e. The van der Waals surface area contributed by atoms with Gasteiger partial charge in [-0.15, -0.1) is 0 Å². The Kier molecular flexibility index (Phi) is 9.04. The molecule has 20 heavy (non-hydrogen) atoms. The van der Waals surface area contributed by atoms with Crippen LogP contribution in [0.25, 0.3) is 0 Å². The van der Waals surface area contributed by atoms with Crippen LogP contribution in [0, 0.1) is 6.92 Å². The first-order valence-electron chi connectivity index (χ1n) is 8.10. The van der Waals surface area contributed by atoms with E-state index in [4.69, 9.17) is 0 Å². The van der Waals surface area contributed by atoms with Crippen molar-refractivity contribution in [1.82, 2.24) is 5.32 Å². The smallest absolute Gasteiger partial charge is 0.0437 e. The summed E-state index contributed by atoms with van der Waals surface area (Å²) in [6.45, 7) is 10.1. The maximum Gasteiger partial charge on any atom is 0.0437 e. The van der Waals surface area contributed by atoms with E-state index in [0.717, 1.165) is 6.54 Å². The Bertz CT molecular complexity index is 347. The molecule has 0 radical (unpaired) electrons. The Hall–Kier alpha value is -0.470. The average molecular weight is 294 g/mol. The second kappa shape index (κ2) is 10.3. The molecular weight excluding hydrogens is 262 g/mol. The van der Waals surface area contributed by atoms with Crippen LogP contribution in [0.2, 0.25) is 0 Å². The summed E-state index contributed by atoms with van der Waals surface area (Å²) in [4.78, 5) is 0. The van der Waals surface area contributed by atoms with Crippen LogP contribution in [-0.4, -0.2) is 17.5 Å². The highest BCUT2D eigenvalue weighted by Gasteiger charge is 2.18. The molecule has 0 aliphatic rings. The molecule has 1 N–H and O–H groups in total. The van der Waals surface area contributed by atoms with Crippen molar-refractivity contribution in [2.24, 2.45) is 0 Å². The van der Waals surface area contributed by atoms with E-state index in [0.29, 0.717) is 11.3 Å². The fourth-order valence-corrected chi connectivity index (χ4v) is 3.53. The highest BCUT2D eigenvalue weighted by Crippen LogP contribution is 2.27. The van der Waals surface area contributed by atoms with E-state index in [1.807, 2.05) is 0 Å². The van der Waals surface area contributed by atoms with Crippen LogP contribution < -0.4 is 5.32 Å². The number of thioether (sulfide) groups is 1. The highest BCUT2D eigenvalue weighted by molar-refractivity contribution is 7.99. The van der Waals surface area contributed by atoms with Crippen molar-refractivity contribution in [3.63, 3.8) is 0 Å². The maximum atomic E-state index is 3.73. The number of unbranched alkanes of at least 4 members (excludes halogenated alkanes) is 2. The van der Waals surface area contributed by atoms with Crippen LogP contribution in [0.1, 0.15) is 63.6 Å². The first-order valence-corrected chi connectivity index (χ1v) is 9.15. The van der Waals surface area contributed by atoms with Crippen LogP contribution in [-0.2, 0) is 0 Å². The van der Waals surface area contributed by atoms with Gasteiger partial charge in [0.1, 0.15) is 0 Å². The molecule has 1 aromatic rings. The lowest BCUT2D eigenvalue weighted by atomic mass is 10.0. The Morgan fingerprint density at radius 3 is 2.35 bits per heavy atom. The number of aryl methyl sites for hydroxylation is 1. The van der Waals surface area contributed by atoms with Crippen molar-refractivity contribution in [3.8, 4) is 0 Å². The van der Waals surface area contributed by atoms with Gasteiger partial charge in [-0.2, -0.15) is 11.8 Å². The molecule has 1 nitrogen and oxygen atoms in total. The Balaban J connectivity index is 2.60. The van der Waals surface area contributed by atoms with E-state index in [9.17, 15) is 0 Å². The first-order chi connectivity index (χ1) is 9.69. The summed E-state index contributed by atoms with van der Waals surface area (Å²) in [6, 6.07) is 9.49. The van der Waals surface area contributed by atoms with E-state index < -0.39 is 0 Å². The molecule has 114 valence electrons. The lowest BCUT2D eigenvalue weighted by molar-refractivity contribution is 0.527. The minimum absolute atomic E-state index is 0.474. The van der Waals surface area contributed by atoms with Gasteiger partial charge in [-0.3, -0.25) is 0 Å². The van der Waals surface area contributed by atoms with Crippen LogP contribution in [0.15, 0.2) is 24.3 Å². The summed E-state index contributed by atoms with van der Waals surface area (Å²) in [5.74, 6) is 1.28. The molecule has 2 atom stereocenters. The SMILES string of the molecule is CCCCCSC(C)C(NCCC)c1ccc(C)cc1. The molecule has 0 spiro atoms. The first kappa shape index (κ1) is 17.6. The van der Waals surface area contributed by atoms with Crippen molar-refractivity contribution >= 4 is 11.8 Å². The Labute approximate surface area is 129 Å². The second-order valence-corrected chi connectivity index (χ2v) is 7.11. The summed E-state index contributed by atoms with van der Waals surface area (Å²) in [6.07, 6.45) is 5.21. The maximum absolute atomic E-state index is 3.73. The zero-order chi connectivity index (χ0) is 14.8. The quantitative estimate of drug-likeness (QED) is 0.584. The monoisotopic (exact) mass is 293 g/mol. The van der Waals surface area contributed by atoms with Gasteiger partial charge < -0.3 is 5.32 Å². The molecule has 0 aliphatic carbocycles. The van der Waals surface area contributed by atoms with E-state index in [-0.39, 0.29) is 0 Å². The van der Waals surface area contributed by atoms with Crippen LogP contribution in [0.4, 0.5) is 0 Å². The van der Waals surface area contributed by atoms with Crippen molar-refractivity contribution < 1.29 is 0 Å². The van der Waals surface area contributed by atoms with Crippen molar-refractivity contribution in [2.75, 3.05) is 12.3 Å². The standard InChI is InChI=1S/C18H31NS/c1-5-7-8-14-20-16(4)18(19-13-6-2)17-11-9-15(3)10-12-17/h9-12,16,18-19H,5-8,13-14H2,1-4H3. The molecule has 0 amide bonds. The summed E-state index contributed by atoms with van der Waals surface area (Å²) in [7, 11) is 0. The number of nitrogens with one attached hydrogen (secondary N) is 1. The number of hydrogen-bond acceptors (Lipinski definition) is 2. The molecule has 2 unspecified atom stereocenters. The van der Waals surface area contributed by atoms with Gasteiger partial charge in [-0.05, 0) is 37.6 Å². The minimum atomic E-state index is 0.474. The number of rotatable bonds is 10. The molecular formula is C18H31NS. The lowest BCUT2D eigenvalue weighted by Crippen LogP contribution is -2.29. The predicted molar refractivity (Wildman–Crippen MR) is 93.7 cm³/mol. The number of hydrogen-bond donors (Lipinski definition) is 1. The molecule has 0 aromatic heterocycles. The summed E-state index contributed by atoms with van der Waals surface area (Å²) in [5.41, 5.74) is 2.77. The Morgan fingerprint density at radius 1 is 1.05 bits per heavy atom. The topological polar surface area (TPSA) is 12.0 Å². The van der Waals surface area contributed by atoms with E-state index in [1.165, 1.54) is 42.6 Å². The van der Waals surface area contributed by atoms with Gasteiger partial charge in [0.2, 0.25) is 0 Å². The van der Waals surface area contributed by atoms with Crippen LogP contribution in [0.3, 0.4) is 0 Å². The zero-order valence-corrected chi connectivity index (χ0v) is 14.4. The van der Waals surface area contributed by atoms with Crippen LogP contribution >= 0.6 is 11.8 Å². The molecule has 0 heterocycles. The molecule has 1 aromatic carbocycles. The van der Waals surface area contributed by atoms with E-state index in [1.54, 1.807) is 0 Å². The van der Waals surface area contributed by atoms with Crippen molar-refractivity contribution in [1.29, 1.82) is 0 Å². The normalized spacial score (nSPS) is 14.2. The number of benzene rings is 1. The van der Waals surface area contributed by atoms with Gasteiger partial charge in [-0.25, -0.2) is 0 Å². The molecule has 0 aliphatic heterocycles. The second-order valence-electron chi connectivity index (χ2n) is 5.63. The predicted octanol–water partition coefficient (Wildman–Crippen LogP) is 5.35. The van der Waals surface area contributed by atoms with E-state index >= 15 is 0 Å². The van der Waals surface area contributed by atoms with Gasteiger partial charge >= 0.3 is 0 Å². The molecule has 0 saturated carbocycles. The highest BCUT2D eigenvalue weighted by atomic mass is 32.2. The molecule has 1 rings (SSSR count).